The lowest BCUT2D eigenvalue weighted by atomic mass is 9.86. The minimum Gasteiger partial charge on any atom is -0.494 e. The molecule has 2 aromatic rings. The lowest BCUT2D eigenvalue weighted by molar-refractivity contribution is -0.134. The van der Waals surface area contributed by atoms with Crippen LogP contribution in [0.4, 0.5) is 4.39 Å². The van der Waals surface area contributed by atoms with Gasteiger partial charge in [0.25, 0.3) is 0 Å². The van der Waals surface area contributed by atoms with E-state index in [2.05, 4.69) is 29.2 Å². The summed E-state index contributed by atoms with van der Waals surface area (Å²) in [6, 6.07) is 13.7. The minimum absolute atomic E-state index is 0.0961. The Labute approximate surface area is 153 Å². The number of hydrogen-bond acceptors (Lipinski definition) is 2. The third-order valence-electron chi connectivity index (χ3n) is 5.47. The molecule has 2 aliphatic carbocycles. The predicted octanol–water partition coefficient (Wildman–Crippen LogP) is 4.45. The van der Waals surface area contributed by atoms with E-state index in [0.29, 0.717) is 11.6 Å². The van der Waals surface area contributed by atoms with Crippen molar-refractivity contribution in [1.29, 1.82) is 0 Å². The van der Waals surface area contributed by atoms with E-state index in [0.717, 1.165) is 32.1 Å². The van der Waals surface area contributed by atoms with Crippen molar-refractivity contribution < 1.29 is 13.9 Å². The van der Waals surface area contributed by atoms with Gasteiger partial charge < -0.3 is 9.64 Å². The molecular formula is C22H24FNO2. The summed E-state index contributed by atoms with van der Waals surface area (Å²) in [7, 11) is 1.44. The summed E-state index contributed by atoms with van der Waals surface area (Å²) in [5.41, 5.74) is 3.35. The molecule has 0 spiro atoms. The average molecular weight is 353 g/mol. The molecule has 0 radical (unpaired) electrons. The Bertz CT molecular complexity index is 816. The highest BCUT2D eigenvalue weighted by Crippen LogP contribution is 2.41. The Morgan fingerprint density at radius 2 is 2.00 bits per heavy atom. The maximum absolute atomic E-state index is 14.0. The summed E-state index contributed by atoms with van der Waals surface area (Å²) in [5, 5.41) is 0. The smallest absolute Gasteiger partial charge is 0.227 e. The zero-order valence-corrected chi connectivity index (χ0v) is 15.1. The van der Waals surface area contributed by atoms with E-state index in [-0.39, 0.29) is 24.1 Å². The highest BCUT2D eigenvalue weighted by molar-refractivity contribution is 5.80. The minimum atomic E-state index is -0.418. The molecule has 0 saturated heterocycles. The molecule has 0 aromatic heterocycles. The van der Waals surface area contributed by atoms with Crippen molar-refractivity contribution >= 4 is 5.91 Å². The Balaban J connectivity index is 1.58. The molecule has 1 amide bonds. The third-order valence-corrected chi connectivity index (χ3v) is 5.47. The van der Waals surface area contributed by atoms with Gasteiger partial charge in [-0.05, 0) is 60.9 Å². The van der Waals surface area contributed by atoms with Gasteiger partial charge in [0.1, 0.15) is 0 Å². The number of methoxy groups -OCH3 is 1. The monoisotopic (exact) mass is 353 g/mol. The average Bonchev–Trinajstić information content (AvgIpc) is 3.47. The number of fused-ring (bicyclic) bond motifs is 1. The molecule has 26 heavy (non-hydrogen) atoms. The Kier molecular flexibility index (Phi) is 4.66. The van der Waals surface area contributed by atoms with Crippen molar-refractivity contribution in [2.24, 2.45) is 0 Å². The first-order valence-electron chi connectivity index (χ1n) is 9.38. The highest BCUT2D eigenvalue weighted by Gasteiger charge is 2.39. The Morgan fingerprint density at radius 1 is 1.19 bits per heavy atom. The fourth-order valence-electron chi connectivity index (χ4n) is 4.09. The zero-order chi connectivity index (χ0) is 18.1. The number of ether oxygens (including phenoxy) is 1. The fraction of sp³-hybridized carbons (Fsp3) is 0.409. The van der Waals surface area contributed by atoms with Gasteiger partial charge in [-0.1, -0.05) is 30.3 Å². The van der Waals surface area contributed by atoms with Gasteiger partial charge in [0, 0.05) is 6.04 Å². The first kappa shape index (κ1) is 17.1. The lowest BCUT2D eigenvalue weighted by Gasteiger charge is -2.36. The van der Waals surface area contributed by atoms with Crippen LogP contribution in [-0.4, -0.2) is 24.0 Å². The van der Waals surface area contributed by atoms with Gasteiger partial charge in [-0.25, -0.2) is 4.39 Å². The summed E-state index contributed by atoms with van der Waals surface area (Å²) in [5.74, 6) is -0.112. The second-order valence-corrected chi connectivity index (χ2v) is 7.28. The maximum Gasteiger partial charge on any atom is 0.227 e. The maximum atomic E-state index is 14.0. The van der Waals surface area contributed by atoms with E-state index in [1.165, 1.54) is 24.3 Å². The number of halogens is 1. The van der Waals surface area contributed by atoms with Crippen LogP contribution in [0.5, 0.6) is 5.75 Å². The van der Waals surface area contributed by atoms with E-state index >= 15 is 0 Å². The van der Waals surface area contributed by atoms with Gasteiger partial charge in [0.15, 0.2) is 11.6 Å². The van der Waals surface area contributed by atoms with Crippen LogP contribution < -0.4 is 4.74 Å². The van der Waals surface area contributed by atoms with Gasteiger partial charge in [0.05, 0.1) is 19.6 Å². The Morgan fingerprint density at radius 3 is 2.73 bits per heavy atom. The second kappa shape index (κ2) is 7.10. The largest absolute Gasteiger partial charge is 0.494 e. The number of amides is 1. The molecule has 3 nitrogen and oxygen atoms in total. The van der Waals surface area contributed by atoms with E-state index in [4.69, 9.17) is 4.74 Å². The van der Waals surface area contributed by atoms with Crippen molar-refractivity contribution in [2.75, 3.05) is 7.11 Å². The Hall–Kier alpha value is -2.36. The zero-order valence-electron chi connectivity index (χ0n) is 15.1. The topological polar surface area (TPSA) is 29.5 Å². The van der Waals surface area contributed by atoms with E-state index in [1.807, 2.05) is 0 Å². The van der Waals surface area contributed by atoms with Gasteiger partial charge >= 0.3 is 0 Å². The van der Waals surface area contributed by atoms with Gasteiger partial charge in [-0.15, -0.1) is 0 Å². The molecule has 4 rings (SSSR count). The molecule has 2 aromatic carbocycles. The standard InChI is InChI=1S/C22H24FNO2/c1-26-21-12-9-15(13-19(21)23)14-22(25)24(17-10-11-17)20-8-4-6-16-5-2-3-7-18(16)20/h2-3,5,7,9,12-13,17,20H,4,6,8,10-11,14H2,1H3. The molecule has 0 N–H and O–H groups in total. The van der Waals surface area contributed by atoms with E-state index in [1.54, 1.807) is 12.1 Å². The molecule has 136 valence electrons. The van der Waals surface area contributed by atoms with Crippen molar-refractivity contribution in [3.8, 4) is 5.75 Å². The van der Waals surface area contributed by atoms with Crippen LogP contribution in [0.25, 0.3) is 0 Å². The summed E-state index contributed by atoms with van der Waals surface area (Å²) in [4.78, 5) is 15.2. The number of benzene rings is 2. The van der Waals surface area contributed by atoms with Gasteiger partial charge in [0.2, 0.25) is 5.91 Å². The first-order chi connectivity index (χ1) is 12.7. The number of rotatable bonds is 5. The SMILES string of the molecule is COc1ccc(CC(=O)N(C2CC2)C2CCCc3ccccc32)cc1F. The van der Waals surface area contributed by atoms with Gasteiger partial charge in [-0.3, -0.25) is 4.79 Å². The molecule has 1 fully saturated rings. The number of nitrogens with zero attached hydrogens (tertiary/aromatic N) is 1. The normalized spacial score (nSPS) is 18.9. The van der Waals surface area contributed by atoms with Crippen LogP contribution in [0.1, 0.15) is 48.4 Å². The number of carbonyl (C=O) groups is 1. The second-order valence-electron chi connectivity index (χ2n) is 7.28. The van der Waals surface area contributed by atoms with Crippen LogP contribution in [0.3, 0.4) is 0 Å². The number of hydrogen-bond donors (Lipinski definition) is 0. The van der Waals surface area contributed by atoms with Gasteiger partial charge in [-0.2, -0.15) is 0 Å². The van der Waals surface area contributed by atoms with Crippen molar-refractivity contribution in [3.05, 3.63) is 65.0 Å². The molecule has 4 heteroatoms. The number of carbonyl (C=O) groups excluding carboxylic acids is 1. The van der Waals surface area contributed by atoms with Crippen LogP contribution >= 0.6 is 0 Å². The molecule has 1 atom stereocenters. The lowest BCUT2D eigenvalue weighted by Crippen LogP contribution is -2.39. The summed E-state index contributed by atoms with van der Waals surface area (Å²) in [6.07, 6.45) is 5.58. The van der Waals surface area contributed by atoms with Crippen LogP contribution in [0.2, 0.25) is 0 Å². The van der Waals surface area contributed by atoms with Crippen LogP contribution in [-0.2, 0) is 17.6 Å². The summed E-state index contributed by atoms with van der Waals surface area (Å²) >= 11 is 0. The van der Waals surface area contributed by atoms with Crippen molar-refractivity contribution in [1.82, 2.24) is 4.90 Å². The molecular weight excluding hydrogens is 329 g/mol. The summed E-state index contributed by atoms with van der Waals surface area (Å²) in [6.45, 7) is 0. The van der Waals surface area contributed by atoms with Crippen molar-refractivity contribution in [3.63, 3.8) is 0 Å². The quantitative estimate of drug-likeness (QED) is 0.795. The van der Waals surface area contributed by atoms with E-state index < -0.39 is 5.82 Å². The van der Waals surface area contributed by atoms with E-state index in [9.17, 15) is 9.18 Å². The first-order valence-corrected chi connectivity index (χ1v) is 9.38. The predicted molar refractivity (Wildman–Crippen MR) is 98.6 cm³/mol. The van der Waals surface area contributed by atoms with Crippen molar-refractivity contribution in [2.45, 2.75) is 50.6 Å². The van der Waals surface area contributed by atoms with Crippen LogP contribution in [0, 0.1) is 5.82 Å². The molecule has 1 saturated carbocycles. The molecule has 2 aliphatic rings. The number of aryl methyl sites for hydroxylation is 1. The third kappa shape index (κ3) is 3.33. The fourth-order valence-corrected chi connectivity index (χ4v) is 4.09. The van der Waals surface area contributed by atoms with Crippen LogP contribution in [0.15, 0.2) is 42.5 Å². The highest BCUT2D eigenvalue weighted by atomic mass is 19.1. The molecule has 0 heterocycles. The summed E-state index contributed by atoms with van der Waals surface area (Å²) < 4.78 is 18.9. The molecule has 0 aliphatic heterocycles. The molecule has 0 bridgehead atoms. The molecule has 1 unspecified atom stereocenters.